The van der Waals surface area contributed by atoms with E-state index < -0.39 is 0 Å². The number of nitrogens with zero attached hydrogens (tertiary/aromatic N) is 3. The molecule has 1 aliphatic rings. The number of carbonyl (C=O) groups is 1. The molecule has 0 bridgehead atoms. The van der Waals surface area contributed by atoms with Gasteiger partial charge < -0.3 is 10.2 Å². The lowest BCUT2D eigenvalue weighted by atomic mass is 10.3. The van der Waals surface area contributed by atoms with E-state index in [0.29, 0.717) is 13.1 Å². The van der Waals surface area contributed by atoms with E-state index >= 15 is 0 Å². The third kappa shape index (κ3) is 5.74. The van der Waals surface area contributed by atoms with Crippen molar-refractivity contribution in [2.75, 3.05) is 59.9 Å². The first kappa shape index (κ1) is 16.4. The van der Waals surface area contributed by atoms with Gasteiger partial charge in [-0.25, -0.2) is 0 Å². The largest absolute Gasteiger partial charge is 0.340 e. The maximum atomic E-state index is 12.2. The number of carbonyl (C=O) groups excluding carboxylic acids is 1. The van der Waals surface area contributed by atoms with Gasteiger partial charge in [-0.05, 0) is 29.4 Å². The van der Waals surface area contributed by atoms with E-state index in [0.717, 1.165) is 39.3 Å². The molecule has 0 aromatic carbocycles. The van der Waals surface area contributed by atoms with Gasteiger partial charge in [0.05, 0.1) is 6.54 Å². The lowest BCUT2D eigenvalue weighted by Crippen LogP contribution is -2.46. The molecule has 0 unspecified atom stereocenters. The highest BCUT2D eigenvalue weighted by molar-refractivity contribution is 7.07. The molecular formula is C15H26N4OS. The van der Waals surface area contributed by atoms with Crippen LogP contribution in [-0.2, 0) is 11.3 Å². The van der Waals surface area contributed by atoms with Gasteiger partial charge in [0.15, 0.2) is 0 Å². The van der Waals surface area contributed by atoms with Gasteiger partial charge in [0.25, 0.3) is 0 Å². The van der Waals surface area contributed by atoms with Gasteiger partial charge in [-0.3, -0.25) is 14.6 Å². The Morgan fingerprint density at radius 3 is 2.81 bits per heavy atom. The molecule has 0 aliphatic carbocycles. The Kier molecular flexibility index (Phi) is 6.63. The van der Waals surface area contributed by atoms with Crippen LogP contribution < -0.4 is 5.32 Å². The summed E-state index contributed by atoms with van der Waals surface area (Å²) in [6.07, 6.45) is 0. The Morgan fingerprint density at radius 1 is 1.38 bits per heavy atom. The van der Waals surface area contributed by atoms with Crippen LogP contribution in [0, 0.1) is 0 Å². The Balaban J connectivity index is 1.66. The Labute approximate surface area is 131 Å². The zero-order valence-corrected chi connectivity index (χ0v) is 13.9. The average Bonchev–Trinajstić information content (AvgIpc) is 2.99. The minimum atomic E-state index is 0.184. The molecule has 21 heavy (non-hydrogen) atoms. The standard InChI is InChI=1S/C15H26N4OS/c1-17(8-9-19-6-4-16-5-7-19)12-15(20)18(2)11-14-3-10-21-13-14/h3,10,13,16H,4-9,11-12H2,1-2H3. The summed E-state index contributed by atoms with van der Waals surface area (Å²) < 4.78 is 0. The molecule has 1 aromatic rings. The van der Waals surface area contributed by atoms with Crippen molar-refractivity contribution >= 4 is 17.2 Å². The van der Waals surface area contributed by atoms with Gasteiger partial charge >= 0.3 is 0 Å². The van der Waals surface area contributed by atoms with Gasteiger partial charge in [0.2, 0.25) is 5.91 Å². The number of nitrogens with one attached hydrogen (secondary N) is 1. The fourth-order valence-electron chi connectivity index (χ4n) is 2.42. The van der Waals surface area contributed by atoms with Gasteiger partial charge in [-0.2, -0.15) is 11.3 Å². The number of thiophene rings is 1. The third-order valence-corrected chi connectivity index (χ3v) is 4.57. The van der Waals surface area contributed by atoms with Crippen LogP contribution in [0.3, 0.4) is 0 Å². The molecule has 1 saturated heterocycles. The minimum Gasteiger partial charge on any atom is -0.340 e. The molecule has 1 aliphatic heterocycles. The number of hydrogen-bond donors (Lipinski definition) is 1. The van der Waals surface area contributed by atoms with E-state index in [2.05, 4.69) is 26.6 Å². The Hall–Kier alpha value is -0.950. The van der Waals surface area contributed by atoms with Crippen LogP contribution in [-0.4, -0.2) is 80.5 Å². The van der Waals surface area contributed by atoms with Crippen LogP contribution in [0.5, 0.6) is 0 Å². The van der Waals surface area contributed by atoms with Crippen molar-refractivity contribution in [2.45, 2.75) is 6.54 Å². The summed E-state index contributed by atoms with van der Waals surface area (Å²) in [4.78, 5) is 18.6. The van der Waals surface area contributed by atoms with E-state index in [9.17, 15) is 4.79 Å². The minimum absolute atomic E-state index is 0.184. The van der Waals surface area contributed by atoms with E-state index in [-0.39, 0.29) is 5.91 Å². The van der Waals surface area contributed by atoms with E-state index in [4.69, 9.17) is 0 Å². The predicted octanol–water partition coefficient (Wildman–Crippen LogP) is 0.544. The first-order valence-corrected chi connectivity index (χ1v) is 8.46. The van der Waals surface area contributed by atoms with Gasteiger partial charge in [-0.1, -0.05) is 0 Å². The Bertz CT molecular complexity index is 417. The molecule has 6 heteroatoms. The molecule has 1 N–H and O–H groups in total. The second-order valence-corrected chi connectivity index (χ2v) is 6.49. The number of rotatable bonds is 7. The quantitative estimate of drug-likeness (QED) is 0.798. The number of amides is 1. The molecule has 5 nitrogen and oxygen atoms in total. The maximum absolute atomic E-state index is 12.2. The Morgan fingerprint density at radius 2 is 2.14 bits per heavy atom. The highest BCUT2D eigenvalue weighted by atomic mass is 32.1. The lowest BCUT2D eigenvalue weighted by Gasteiger charge is -2.29. The van der Waals surface area contributed by atoms with Gasteiger partial charge in [-0.15, -0.1) is 0 Å². The normalized spacial score (nSPS) is 16.3. The SMILES string of the molecule is CN(CCN1CCNCC1)CC(=O)N(C)Cc1ccsc1. The van der Waals surface area contributed by atoms with E-state index in [1.54, 1.807) is 11.3 Å². The maximum Gasteiger partial charge on any atom is 0.236 e. The second kappa shape index (κ2) is 8.48. The van der Waals surface area contributed by atoms with Crippen molar-refractivity contribution in [2.24, 2.45) is 0 Å². The molecule has 0 atom stereocenters. The zero-order valence-electron chi connectivity index (χ0n) is 13.0. The van der Waals surface area contributed by atoms with E-state index in [1.165, 1.54) is 5.56 Å². The highest BCUT2D eigenvalue weighted by Gasteiger charge is 2.14. The number of hydrogen-bond acceptors (Lipinski definition) is 5. The fourth-order valence-corrected chi connectivity index (χ4v) is 3.08. The molecule has 0 spiro atoms. The van der Waals surface area contributed by atoms with Gasteiger partial charge in [0.1, 0.15) is 0 Å². The summed E-state index contributed by atoms with van der Waals surface area (Å²) in [6.45, 7) is 7.55. The molecule has 0 saturated carbocycles. The second-order valence-electron chi connectivity index (χ2n) is 5.71. The topological polar surface area (TPSA) is 38.8 Å². The smallest absolute Gasteiger partial charge is 0.236 e. The average molecular weight is 310 g/mol. The summed E-state index contributed by atoms with van der Waals surface area (Å²) in [7, 11) is 3.91. The summed E-state index contributed by atoms with van der Waals surface area (Å²) in [5, 5.41) is 7.50. The molecule has 1 aromatic heterocycles. The highest BCUT2D eigenvalue weighted by Crippen LogP contribution is 2.08. The zero-order chi connectivity index (χ0) is 15.1. The summed E-state index contributed by atoms with van der Waals surface area (Å²) >= 11 is 1.67. The van der Waals surface area contributed by atoms with Crippen LogP contribution in [0.15, 0.2) is 16.8 Å². The molecular weight excluding hydrogens is 284 g/mol. The van der Waals surface area contributed by atoms with Crippen LogP contribution in [0.4, 0.5) is 0 Å². The van der Waals surface area contributed by atoms with Crippen LogP contribution in [0.1, 0.15) is 5.56 Å². The van der Waals surface area contributed by atoms with Crippen molar-refractivity contribution in [1.29, 1.82) is 0 Å². The molecule has 1 amide bonds. The summed E-state index contributed by atoms with van der Waals surface area (Å²) in [5.74, 6) is 0.184. The summed E-state index contributed by atoms with van der Waals surface area (Å²) in [5.41, 5.74) is 1.21. The molecule has 2 rings (SSSR count). The third-order valence-electron chi connectivity index (χ3n) is 3.84. The van der Waals surface area contributed by atoms with Crippen molar-refractivity contribution in [3.05, 3.63) is 22.4 Å². The first-order valence-electron chi connectivity index (χ1n) is 7.52. The van der Waals surface area contributed by atoms with Crippen molar-refractivity contribution in [3.8, 4) is 0 Å². The fraction of sp³-hybridized carbons (Fsp3) is 0.667. The monoisotopic (exact) mass is 310 g/mol. The van der Waals surface area contributed by atoms with E-state index in [1.807, 2.05) is 24.4 Å². The lowest BCUT2D eigenvalue weighted by molar-refractivity contribution is -0.131. The van der Waals surface area contributed by atoms with Crippen LogP contribution in [0.25, 0.3) is 0 Å². The molecule has 0 radical (unpaired) electrons. The van der Waals surface area contributed by atoms with Crippen molar-refractivity contribution < 1.29 is 4.79 Å². The molecule has 2 heterocycles. The molecule has 118 valence electrons. The van der Waals surface area contributed by atoms with Crippen molar-refractivity contribution in [1.82, 2.24) is 20.0 Å². The summed E-state index contributed by atoms with van der Waals surface area (Å²) in [6, 6.07) is 2.07. The van der Waals surface area contributed by atoms with Gasteiger partial charge in [0, 0.05) is 52.9 Å². The van der Waals surface area contributed by atoms with Crippen molar-refractivity contribution in [3.63, 3.8) is 0 Å². The first-order chi connectivity index (χ1) is 10.1. The van der Waals surface area contributed by atoms with Crippen LogP contribution >= 0.6 is 11.3 Å². The predicted molar refractivity (Wildman–Crippen MR) is 87.6 cm³/mol. The number of likely N-dealkylation sites (N-methyl/N-ethyl adjacent to an activating group) is 2. The molecule has 1 fully saturated rings. The number of piperazine rings is 1. The van der Waals surface area contributed by atoms with Crippen LogP contribution in [0.2, 0.25) is 0 Å².